The lowest BCUT2D eigenvalue weighted by Crippen LogP contribution is -2.37. The van der Waals surface area contributed by atoms with Crippen molar-refractivity contribution in [2.75, 3.05) is 0 Å². The van der Waals surface area contributed by atoms with Crippen LogP contribution in [-0.2, 0) is 0 Å². The van der Waals surface area contributed by atoms with Gasteiger partial charge in [-0.25, -0.2) is 0 Å². The highest BCUT2D eigenvalue weighted by molar-refractivity contribution is 5.92. The zero-order chi connectivity index (χ0) is 10.7. The summed E-state index contributed by atoms with van der Waals surface area (Å²) in [5.41, 5.74) is 0.462. The summed E-state index contributed by atoms with van der Waals surface area (Å²) in [6, 6.07) is 3.41. The van der Waals surface area contributed by atoms with Gasteiger partial charge in [0.25, 0.3) is 5.91 Å². The predicted molar refractivity (Wildman–Crippen MR) is 56.4 cm³/mol. The van der Waals surface area contributed by atoms with Crippen LogP contribution in [0.5, 0.6) is 0 Å². The summed E-state index contributed by atoms with van der Waals surface area (Å²) in [4.78, 5) is 11.8. The average molecular weight is 205 g/mol. The summed E-state index contributed by atoms with van der Waals surface area (Å²) in [5, 5.41) is 10.5. The van der Waals surface area contributed by atoms with Crippen LogP contribution >= 0.6 is 0 Å². The Balaban J connectivity index is 1.99. The Bertz CT molecular complexity index is 346. The van der Waals surface area contributed by atoms with Gasteiger partial charge in [-0.15, -0.1) is 5.10 Å². The molecule has 1 heterocycles. The zero-order valence-corrected chi connectivity index (χ0v) is 8.86. The molecule has 1 amide bonds. The van der Waals surface area contributed by atoms with Crippen LogP contribution in [0, 0.1) is 0 Å². The van der Waals surface area contributed by atoms with Gasteiger partial charge in [-0.05, 0) is 31.4 Å². The average Bonchev–Trinajstić information content (AvgIpc) is 3.00. The molecule has 4 nitrogen and oxygen atoms in total. The lowest BCUT2D eigenvalue weighted by atomic mass is 10.1. The second-order valence-electron chi connectivity index (χ2n) is 4.09. The topological polar surface area (TPSA) is 54.9 Å². The van der Waals surface area contributed by atoms with Gasteiger partial charge in [0.15, 0.2) is 5.69 Å². The SMILES string of the molecule is CCCC1(NC(=O)c2cccnn2)CC1. The van der Waals surface area contributed by atoms with Gasteiger partial charge in [0.2, 0.25) is 0 Å². The minimum absolute atomic E-state index is 0.0589. The maximum Gasteiger partial charge on any atom is 0.272 e. The van der Waals surface area contributed by atoms with Gasteiger partial charge in [0.1, 0.15) is 0 Å². The highest BCUT2D eigenvalue weighted by atomic mass is 16.2. The first-order chi connectivity index (χ1) is 7.26. The van der Waals surface area contributed by atoms with E-state index in [2.05, 4.69) is 22.4 Å². The number of carbonyl (C=O) groups excluding carboxylic acids is 1. The summed E-state index contributed by atoms with van der Waals surface area (Å²) >= 11 is 0. The third kappa shape index (κ3) is 2.32. The predicted octanol–water partition coefficient (Wildman–Crippen LogP) is 1.54. The fourth-order valence-corrected chi connectivity index (χ4v) is 1.79. The van der Waals surface area contributed by atoms with Crippen LogP contribution in [0.4, 0.5) is 0 Å². The number of nitrogens with zero attached hydrogens (tertiary/aromatic N) is 2. The van der Waals surface area contributed by atoms with E-state index >= 15 is 0 Å². The fraction of sp³-hybridized carbons (Fsp3) is 0.545. The molecule has 0 bridgehead atoms. The first kappa shape index (κ1) is 10.1. The van der Waals surface area contributed by atoms with E-state index in [0.29, 0.717) is 5.69 Å². The summed E-state index contributed by atoms with van der Waals surface area (Å²) in [5.74, 6) is -0.103. The smallest absolute Gasteiger partial charge is 0.272 e. The number of aromatic nitrogens is 2. The summed E-state index contributed by atoms with van der Waals surface area (Å²) in [6.07, 6.45) is 5.90. The number of nitrogens with one attached hydrogen (secondary N) is 1. The minimum Gasteiger partial charge on any atom is -0.345 e. The van der Waals surface area contributed by atoms with Crippen LogP contribution in [-0.4, -0.2) is 21.6 Å². The molecule has 4 heteroatoms. The van der Waals surface area contributed by atoms with Crippen molar-refractivity contribution in [3.63, 3.8) is 0 Å². The van der Waals surface area contributed by atoms with E-state index in [1.54, 1.807) is 18.3 Å². The van der Waals surface area contributed by atoms with Crippen molar-refractivity contribution in [1.29, 1.82) is 0 Å². The van der Waals surface area contributed by atoms with E-state index in [1.165, 1.54) is 0 Å². The van der Waals surface area contributed by atoms with E-state index in [4.69, 9.17) is 0 Å². The van der Waals surface area contributed by atoms with Crippen molar-refractivity contribution in [3.05, 3.63) is 24.0 Å². The number of hydrogen-bond acceptors (Lipinski definition) is 3. The van der Waals surface area contributed by atoms with Gasteiger partial charge in [-0.1, -0.05) is 13.3 Å². The van der Waals surface area contributed by atoms with Gasteiger partial charge >= 0.3 is 0 Å². The number of rotatable bonds is 4. The normalized spacial score (nSPS) is 17.1. The molecule has 1 aromatic heterocycles. The van der Waals surface area contributed by atoms with Crippen molar-refractivity contribution in [2.45, 2.75) is 38.1 Å². The van der Waals surface area contributed by atoms with Crippen LogP contribution in [0.1, 0.15) is 43.1 Å². The molecular formula is C11H15N3O. The molecule has 0 aromatic carbocycles. The highest BCUT2D eigenvalue weighted by Gasteiger charge is 2.43. The molecule has 0 radical (unpaired) electrons. The van der Waals surface area contributed by atoms with E-state index < -0.39 is 0 Å². The quantitative estimate of drug-likeness (QED) is 0.811. The molecule has 0 atom stereocenters. The van der Waals surface area contributed by atoms with Gasteiger partial charge in [-0.3, -0.25) is 4.79 Å². The van der Waals surface area contributed by atoms with Crippen molar-refractivity contribution in [1.82, 2.24) is 15.5 Å². The Morgan fingerprint density at radius 3 is 2.93 bits per heavy atom. The molecule has 0 aliphatic heterocycles. The van der Waals surface area contributed by atoms with Crippen LogP contribution in [0.3, 0.4) is 0 Å². The van der Waals surface area contributed by atoms with Crippen molar-refractivity contribution < 1.29 is 4.79 Å². The molecular weight excluding hydrogens is 190 g/mol. The van der Waals surface area contributed by atoms with Gasteiger partial charge in [0.05, 0.1) is 0 Å². The molecule has 2 rings (SSSR count). The third-order valence-corrected chi connectivity index (χ3v) is 2.77. The minimum atomic E-state index is -0.103. The molecule has 80 valence electrons. The lowest BCUT2D eigenvalue weighted by Gasteiger charge is -2.15. The number of carbonyl (C=O) groups is 1. The van der Waals surface area contributed by atoms with Crippen LogP contribution in [0.2, 0.25) is 0 Å². The lowest BCUT2D eigenvalue weighted by molar-refractivity contribution is 0.0923. The third-order valence-electron chi connectivity index (χ3n) is 2.77. The molecule has 1 N–H and O–H groups in total. The summed E-state index contributed by atoms with van der Waals surface area (Å²) in [6.45, 7) is 2.13. The fourth-order valence-electron chi connectivity index (χ4n) is 1.79. The number of hydrogen-bond donors (Lipinski definition) is 1. The molecule has 1 fully saturated rings. The van der Waals surface area contributed by atoms with Crippen LogP contribution in [0.25, 0.3) is 0 Å². The van der Waals surface area contributed by atoms with Gasteiger partial charge in [-0.2, -0.15) is 5.10 Å². The first-order valence-corrected chi connectivity index (χ1v) is 5.36. The molecule has 1 saturated carbocycles. The van der Waals surface area contributed by atoms with Crippen molar-refractivity contribution in [3.8, 4) is 0 Å². The molecule has 0 saturated heterocycles. The molecule has 0 unspecified atom stereocenters. The Labute approximate surface area is 89.1 Å². The molecule has 0 spiro atoms. The maximum absolute atomic E-state index is 11.8. The van der Waals surface area contributed by atoms with E-state index in [1.807, 2.05) is 0 Å². The molecule has 1 aliphatic rings. The Hall–Kier alpha value is -1.45. The Morgan fingerprint density at radius 1 is 1.60 bits per heavy atom. The molecule has 1 aliphatic carbocycles. The monoisotopic (exact) mass is 205 g/mol. The Kier molecular flexibility index (Phi) is 2.66. The largest absolute Gasteiger partial charge is 0.345 e. The maximum atomic E-state index is 11.8. The van der Waals surface area contributed by atoms with Gasteiger partial charge < -0.3 is 5.32 Å². The highest BCUT2D eigenvalue weighted by Crippen LogP contribution is 2.39. The standard InChI is InChI=1S/C11H15N3O/c1-2-5-11(6-7-11)13-10(15)9-4-3-8-12-14-9/h3-4,8H,2,5-7H2,1H3,(H,13,15). The molecule has 1 aromatic rings. The van der Waals surface area contributed by atoms with E-state index in [-0.39, 0.29) is 11.4 Å². The van der Waals surface area contributed by atoms with Crippen LogP contribution < -0.4 is 5.32 Å². The number of amides is 1. The van der Waals surface area contributed by atoms with Gasteiger partial charge in [0, 0.05) is 11.7 Å². The second-order valence-corrected chi connectivity index (χ2v) is 4.09. The summed E-state index contributed by atoms with van der Waals surface area (Å²) < 4.78 is 0. The zero-order valence-electron chi connectivity index (χ0n) is 8.86. The second kappa shape index (κ2) is 3.96. The van der Waals surface area contributed by atoms with Crippen molar-refractivity contribution >= 4 is 5.91 Å². The summed E-state index contributed by atoms with van der Waals surface area (Å²) in [7, 11) is 0. The Morgan fingerprint density at radius 2 is 2.40 bits per heavy atom. The van der Waals surface area contributed by atoms with Crippen LogP contribution in [0.15, 0.2) is 18.3 Å². The van der Waals surface area contributed by atoms with E-state index in [9.17, 15) is 4.79 Å². The van der Waals surface area contributed by atoms with E-state index in [0.717, 1.165) is 25.7 Å². The first-order valence-electron chi connectivity index (χ1n) is 5.36. The molecule has 15 heavy (non-hydrogen) atoms. The van der Waals surface area contributed by atoms with Crippen molar-refractivity contribution in [2.24, 2.45) is 0 Å².